The van der Waals surface area contributed by atoms with Crippen LogP contribution in [0.25, 0.3) is 6.08 Å². The molecule has 2 rings (SSSR count). The maximum Gasteiger partial charge on any atom is 0.407 e. The lowest BCUT2D eigenvalue weighted by molar-refractivity contribution is 0.0988. The third kappa shape index (κ3) is 5.72. The van der Waals surface area contributed by atoms with E-state index >= 15 is 0 Å². The Kier molecular flexibility index (Phi) is 6.77. The highest BCUT2D eigenvalue weighted by atomic mass is 16.5. The summed E-state index contributed by atoms with van der Waals surface area (Å²) in [6, 6.07) is 16.9. The van der Waals surface area contributed by atoms with Gasteiger partial charge in [0.05, 0.1) is 0 Å². The summed E-state index contributed by atoms with van der Waals surface area (Å²) in [7, 11) is 0. The molecule has 0 bridgehead atoms. The summed E-state index contributed by atoms with van der Waals surface area (Å²) in [6.07, 6.45) is 3.77. The molecule has 124 valence electrons. The van der Waals surface area contributed by atoms with Crippen molar-refractivity contribution < 1.29 is 14.3 Å². The van der Waals surface area contributed by atoms with Gasteiger partial charge >= 0.3 is 6.09 Å². The fourth-order valence-corrected chi connectivity index (χ4v) is 2.10. The third-order valence-corrected chi connectivity index (χ3v) is 3.44. The molecule has 0 aliphatic carbocycles. The van der Waals surface area contributed by atoms with Gasteiger partial charge in [-0.2, -0.15) is 0 Å². The van der Waals surface area contributed by atoms with E-state index in [4.69, 9.17) is 4.74 Å². The Hall–Kier alpha value is -2.88. The largest absolute Gasteiger partial charge is 0.445 e. The van der Waals surface area contributed by atoms with Crippen LogP contribution in [0.1, 0.15) is 34.8 Å². The number of rotatable bonds is 7. The average molecular weight is 323 g/mol. The monoisotopic (exact) mass is 323 g/mol. The molecule has 0 saturated heterocycles. The number of carbonyl (C=O) groups excluding carboxylic acids is 2. The van der Waals surface area contributed by atoms with E-state index in [1.165, 1.54) is 0 Å². The summed E-state index contributed by atoms with van der Waals surface area (Å²) in [6.45, 7) is 2.48. The minimum absolute atomic E-state index is 0.133. The fraction of sp³-hybridized carbons (Fsp3) is 0.200. The van der Waals surface area contributed by atoms with Gasteiger partial charge in [0.15, 0.2) is 5.78 Å². The highest BCUT2D eigenvalue weighted by Crippen LogP contribution is 2.08. The summed E-state index contributed by atoms with van der Waals surface area (Å²) in [4.78, 5) is 23.1. The summed E-state index contributed by atoms with van der Waals surface area (Å²) in [5.41, 5.74) is 2.64. The normalized spacial score (nSPS) is 10.5. The van der Waals surface area contributed by atoms with Gasteiger partial charge in [0.1, 0.15) is 6.61 Å². The lowest BCUT2D eigenvalue weighted by Crippen LogP contribution is -2.24. The molecule has 24 heavy (non-hydrogen) atoms. The Morgan fingerprint density at radius 1 is 1.04 bits per heavy atom. The second kappa shape index (κ2) is 9.30. The van der Waals surface area contributed by atoms with Crippen LogP contribution in [0.2, 0.25) is 0 Å². The Bertz CT molecular complexity index is 691. The zero-order valence-corrected chi connectivity index (χ0v) is 13.7. The molecule has 0 heterocycles. The Labute approximate surface area is 142 Å². The van der Waals surface area contributed by atoms with Crippen LogP contribution in [-0.2, 0) is 11.3 Å². The number of nitrogens with one attached hydrogen (secondary N) is 1. The van der Waals surface area contributed by atoms with E-state index in [0.29, 0.717) is 13.0 Å². The van der Waals surface area contributed by atoms with Crippen molar-refractivity contribution in [1.29, 1.82) is 0 Å². The molecule has 4 heteroatoms. The second-order valence-corrected chi connectivity index (χ2v) is 5.24. The number of benzene rings is 2. The Morgan fingerprint density at radius 3 is 2.42 bits per heavy atom. The van der Waals surface area contributed by atoms with Crippen molar-refractivity contribution >= 4 is 18.0 Å². The van der Waals surface area contributed by atoms with E-state index in [1.807, 2.05) is 73.7 Å². The van der Waals surface area contributed by atoms with Crippen molar-refractivity contribution in [2.24, 2.45) is 0 Å². The topological polar surface area (TPSA) is 55.4 Å². The van der Waals surface area contributed by atoms with Crippen LogP contribution in [0.4, 0.5) is 4.79 Å². The van der Waals surface area contributed by atoms with Crippen LogP contribution in [0.3, 0.4) is 0 Å². The second-order valence-electron chi connectivity index (χ2n) is 5.24. The zero-order valence-electron chi connectivity index (χ0n) is 13.7. The number of carbonyl (C=O) groups is 2. The molecule has 0 aliphatic rings. The molecule has 1 N–H and O–H groups in total. The number of ether oxygens (including phenoxy) is 1. The zero-order chi connectivity index (χ0) is 17.2. The minimum Gasteiger partial charge on any atom is -0.445 e. The van der Waals surface area contributed by atoms with Gasteiger partial charge in [0.25, 0.3) is 0 Å². The van der Waals surface area contributed by atoms with Crippen LogP contribution < -0.4 is 5.32 Å². The van der Waals surface area contributed by atoms with Crippen molar-refractivity contribution in [3.05, 3.63) is 77.4 Å². The Balaban J connectivity index is 1.72. The van der Waals surface area contributed by atoms with Crippen molar-refractivity contribution in [3.63, 3.8) is 0 Å². The molecule has 0 saturated carbocycles. The fourth-order valence-electron chi connectivity index (χ4n) is 2.10. The quantitative estimate of drug-likeness (QED) is 0.776. The standard InChI is InChI=1S/C20H21NO3/c1-2-19(22)18-12-10-16(11-13-18)9-6-14-21-20(23)24-15-17-7-4-3-5-8-17/h3-13H,2,14-15H2,1H3,(H,21,23). The van der Waals surface area contributed by atoms with Crippen molar-refractivity contribution in [3.8, 4) is 0 Å². The molecular formula is C20H21NO3. The highest BCUT2D eigenvalue weighted by Gasteiger charge is 2.02. The molecule has 0 fully saturated rings. The van der Waals surface area contributed by atoms with Gasteiger partial charge in [-0.3, -0.25) is 4.79 Å². The van der Waals surface area contributed by atoms with Crippen molar-refractivity contribution in [1.82, 2.24) is 5.32 Å². The molecule has 0 unspecified atom stereocenters. The lowest BCUT2D eigenvalue weighted by atomic mass is 10.1. The van der Waals surface area contributed by atoms with Gasteiger partial charge < -0.3 is 10.1 Å². The first-order valence-electron chi connectivity index (χ1n) is 7.93. The van der Waals surface area contributed by atoms with Gasteiger partial charge in [-0.05, 0) is 11.1 Å². The van der Waals surface area contributed by atoms with E-state index in [-0.39, 0.29) is 12.4 Å². The van der Waals surface area contributed by atoms with Gasteiger partial charge in [0, 0.05) is 18.5 Å². The molecule has 4 nitrogen and oxygen atoms in total. The van der Waals surface area contributed by atoms with E-state index in [2.05, 4.69) is 5.32 Å². The molecule has 0 spiro atoms. The molecule has 0 aliphatic heterocycles. The van der Waals surface area contributed by atoms with Crippen LogP contribution in [0.15, 0.2) is 60.7 Å². The van der Waals surface area contributed by atoms with E-state index in [0.717, 1.165) is 16.7 Å². The SMILES string of the molecule is CCC(=O)c1ccc(C=CCNC(=O)OCc2ccccc2)cc1. The lowest BCUT2D eigenvalue weighted by Gasteiger charge is -2.05. The van der Waals surface area contributed by atoms with Crippen LogP contribution in [0.5, 0.6) is 0 Å². The first-order chi connectivity index (χ1) is 11.7. The molecule has 2 aromatic rings. The molecule has 0 atom stereocenters. The van der Waals surface area contributed by atoms with E-state index in [9.17, 15) is 9.59 Å². The number of alkyl carbamates (subject to hydrolysis) is 1. The van der Waals surface area contributed by atoms with Crippen molar-refractivity contribution in [2.75, 3.05) is 6.54 Å². The first-order valence-corrected chi connectivity index (χ1v) is 7.93. The van der Waals surface area contributed by atoms with Crippen LogP contribution in [0, 0.1) is 0 Å². The Morgan fingerprint density at radius 2 is 1.75 bits per heavy atom. The van der Waals surface area contributed by atoms with E-state index < -0.39 is 6.09 Å². The number of amides is 1. The molecule has 2 aromatic carbocycles. The van der Waals surface area contributed by atoms with Crippen LogP contribution in [-0.4, -0.2) is 18.4 Å². The maximum absolute atomic E-state index is 11.6. The average Bonchev–Trinajstić information content (AvgIpc) is 2.64. The third-order valence-electron chi connectivity index (χ3n) is 3.44. The number of hydrogen-bond donors (Lipinski definition) is 1. The number of ketones is 1. The molecule has 0 radical (unpaired) electrons. The molecular weight excluding hydrogens is 302 g/mol. The van der Waals surface area contributed by atoms with Gasteiger partial charge in [-0.15, -0.1) is 0 Å². The molecule has 0 aromatic heterocycles. The minimum atomic E-state index is -0.451. The summed E-state index contributed by atoms with van der Waals surface area (Å²) < 4.78 is 5.11. The summed E-state index contributed by atoms with van der Waals surface area (Å²) >= 11 is 0. The number of hydrogen-bond acceptors (Lipinski definition) is 3. The van der Waals surface area contributed by atoms with Gasteiger partial charge in [-0.25, -0.2) is 4.79 Å². The predicted octanol–water partition coefficient (Wildman–Crippen LogP) is 4.22. The number of Topliss-reactive ketones (excluding diaryl/α,β-unsaturated/α-hetero) is 1. The highest BCUT2D eigenvalue weighted by molar-refractivity contribution is 5.95. The molecule has 1 amide bonds. The summed E-state index contributed by atoms with van der Waals surface area (Å²) in [5, 5.41) is 2.66. The van der Waals surface area contributed by atoms with Crippen molar-refractivity contribution in [2.45, 2.75) is 20.0 Å². The predicted molar refractivity (Wildman–Crippen MR) is 94.7 cm³/mol. The van der Waals surface area contributed by atoms with E-state index in [1.54, 1.807) is 0 Å². The smallest absolute Gasteiger partial charge is 0.407 e. The van der Waals surface area contributed by atoms with Crippen LogP contribution >= 0.6 is 0 Å². The van der Waals surface area contributed by atoms with Gasteiger partial charge in [0.2, 0.25) is 0 Å². The first kappa shape index (κ1) is 17.5. The maximum atomic E-state index is 11.6. The van der Waals surface area contributed by atoms with Gasteiger partial charge in [-0.1, -0.05) is 73.7 Å². The summed E-state index contributed by atoms with van der Waals surface area (Å²) in [5.74, 6) is 0.133.